The molecule has 4 heteroatoms. The monoisotopic (exact) mass is 261 g/mol. The number of benzene rings is 1. The number of hydrogen-bond acceptors (Lipinski definition) is 2. The summed E-state index contributed by atoms with van der Waals surface area (Å²) in [6.45, 7) is 2.86. The molecule has 0 fully saturated rings. The van der Waals surface area contributed by atoms with Crippen LogP contribution in [-0.2, 0) is 16.1 Å². The van der Waals surface area contributed by atoms with Gasteiger partial charge in [-0.05, 0) is 17.5 Å². The minimum absolute atomic E-state index is 0.0580. The average molecular weight is 261 g/mol. The molecule has 1 aromatic rings. The van der Waals surface area contributed by atoms with Gasteiger partial charge in [0.25, 0.3) is 0 Å². The van der Waals surface area contributed by atoms with Crippen molar-refractivity contribution >= 4 is 11.9 Å². The molecule has 1 amide bonds. The zero-order valence-electron chi connectivity index (χ0n) is 11.1. The predicted molar refractivity (Wildman–Crippen MR) is 71.8 cm³/mol. The third kappa shape index (κ3) is 2.95. The number of carboxylic acids is 1. The van der Waals surface area contributed by atoms with Crippen molar-refractivity contribution in [2.75, 3.05) is 6.54 Å². The molecule has 102 valence electrons. The van der Waals surface area contributed by atoms with Crippen LogP contribution in [0.25, 0.3) is 0 Å². The molecule has 0 spiro atoms. The van der Waals surface area contributed by atoms with E-state index in [1.165, 1.54) is 0 Å². The molecule has 0 bridgehead atoms. The number of amides is 1. The van der Waals surface area contributed by atoms with Crippen molar-refractivity contribution < 1.29 is 14.7 Å². The second kappa shape index (κ2) is 5.87. The molecule has 4 nitrogen and oxygen atoms in total. The minimum Gasteiger partial charge on any atom is -0.481 e. The van der Waals surface area contributed by atoms with Crippen molar-refractivity contribution in [2.45, 2.75) is 38.6 Å². The van der Waals surface area contributed by atoms with E-state index in [4.69, 9.17) is 0 Å². The van der Waals surface area contributed by atoms with Crippen LogP contribution in [0, 0.1) is 0 Å². The smallest absolute Gasteiger partial charge is 0.312 e. The maximum atomic E-state index is 12.1. The van der Waals surface area contributed by atoms with Crippen LogP contribution in [0.1, 0.15) is 43.2 Å². The van der Waals surface area contributed by atoms with Gasteiger partial charge in [0.2, 0.25) is 5.91 Å². The standard InChI is InChI=1S/C15H19NO3/c1-2-3-8-14(17)16-9-11-6-4-5-7-12(11)13(10-16)15(18)19/h4-7,13H,2-3,8-10H2,1H3,(H,18,19). The van der Waals surface area contributed by atoms with Gasteiger partial charge in [0.15, 0.2) is 0 Å². The predicted octanol–water partition coefficient (Wildman–Crippen LogP) is 2.39. The van der Waals surface area contributed by atoms with Crippen LogP contribution < -0.4 is 0 Å². The molecular formula is C15H19NO3. The summed E-state index contributed by atoms with van der Waals surface area (Å²) >= 11 is 0. The molecule has 1 aliphatic rings. The summed E-state index contributed by atoms with van der Waals surface area (Å²) in [5.41, 5.74) is 1.79. The number of unbranched alkanes of at least 4 members (excludes halogenated alkanes) is 1. The van der Waals surface area contributed by atoms with Gasteiger partial charge in [-0.15, -0.1) is 0 Å². The molecule has 0 saturated heterocycles. The molecule has 2 rings (SSSR count). The molecule has 0 aliphatic carbocycles. The lowest BCUT2D eigenvalue weighted by atomic mass is 9.89. The quantitative estimate of drug-likeness (QED) is 0.905. The van der Waals surface area contributed by atoms with Gasteiger partial charge in [-0.25, -0.2) is 0 Å². The largest absolute Gasteiger partial charge is 0.481 e. The van der Waals surface area contributed by atoms with E-state index in [1.807, 2.05) is 31.2 Å². The highest BCUT2D eigenvalue weighted by Crippen LogP contribution is 2.28. The highest BCUT2D eigenvalue weighted by Gasteiger charge is 2.31. The lowest BCUT2D eigenvalue weighted by Gasteiger charge is -2.32. The van der Waals surface area contributed by atoms with E-state index in [2.05, 4.69) is 0 Å². The summed E-state index contributed by atoms with van der Waals surface area (Å²) in [4.78, 5) is 25.1. The summed E-state index contributed by atoms with van der Waals surface area (Å²) in [5, 5.41) is 9.32. The number of rotatable bonds is 4. The van der Waals surface area contributed by atoms with E-state index >= 15 is 0 Å². The van der Waals surface area contributed by atoms with Gasteiger partial charge in [-0.3, -0.25) is 9.59 Å². The Bertz CT molecular complexity index is 484. The Kier molecular flexibility index (Phi) is 4.20. The van der Waals surface area contributed by atoms with Crippen LogP contribution in [0.4, 0.5) is 0 Å². The lowest BCUT2D eigenvalue weighted by molar-refractivity contribution is -0.141. The fraction of sp³-hybridized carbons (Fsp3) is 0.467. The van der Waals surface area contributed by atoms with Crippen LogP contribution in [0.15, 0.2) is 24.3 Å². The minimum atomic E-state index is -0.861. The molecule has 0 aromatic heterocycles. The van der Waals surface area contributed by atoms with Crippen molar-refractivity contribution in [2.24, 2.45) is 0 Å². The van der Waals surface area contributed by atoms with Crippen molar-refractivity contribution in [1.29, 1.82) is 0 Å². The zero-order valence-corrected chi connectivity index (χ0v) is 11.1. The van der Waals surface area contributed by atoms with E-state index in [0.29, 0.717) is 13.0 Å². The molecule has 19 heavy (non-hydrogen) atoms. The first-order valence-corrected chi connectivity index (χ1v) is 6.72. The van der Waals surface area contributed by atoms with Crippen LogP contribution in [0.2, 0.25) is 0 Å². The third-order valence-corrected chi connectivity index (χ3v) is 3.59. The first kappa shape index (κ1) is 13.6. The first-order valence-electron chi connectivity index (χ1n) is 6.72. The van der Waals surface area contributed by atoms with Crippen molar-refractivity contribution in [1.82, 2.24) is 4.90 Å². The van der Waals surface area contributed by atoms with Gasteiger partial charge in [-0.2, -0.15) is 0 Å². The van der Waals surface area contributed by atoms with Crippen LogP contribution in [-0.4, -0.2) is 28.4 Å². The maximum absolute atomic E-state index is 12.1. The van der Waals surface area contributed by atoms with E-state index in [1.54, 1.807) is 4.90 Å². The average Bonchev–Trinajstić information content (AvgIpc) is 2.43. The van der Waals surface area contributed by atoms with Crippen LogP contribution in [0.5, 0.6) is 0 Å². The van der Waals surface area contributed by atoms with Gasteiger partial charge >= 0.3 is 5.97 Å². The number of carbonyl (C=O) groups excluding carboxylic acids is 1. The Hall–Kier alpha value is -1.84. The van der Waals surface area contributed by atoms with Gasteiger partial charge in [-0.1, -0.05) is 37.6 Å². The molecular weight excluding hydrogens is 242 g/mol. The summed E-state index contributed by atoms with van der Waals surface area (Å²) in [7, 11) is 0. The molecule has 1 heterocycles. The van der Waals surface area contributed by atoms with E-state index < -0.39 is 11.9 Å². The van der Waals surface area contributed by atoms with Gasteiger partial charge in [0, 0.05) is 19.5 Å². The Morgan fingerprint density at radius 1 is 1.37 bits per heavy atom. The van der Waals surface area contributed by atoms with Crippen LogP contribution >= 0.6 is 0 Å². The summed E-state index contributed by atoms with van der Waals surface area (Å²) in [5.74, 6) is -1.40. The molecule has 1 aliphatic heterocycles. The SMILES string of the molecule is CCCCC(=O)N1Cc2ccccc2C(C(=O)O)C1. The molecule has 1 atom stereocenters. The molecule has 1 N–H and O–H groups in total. The number of carbonyl (C=O) groups is 2. The fourth-order valence-corrected chi connectivity index (χ4v) is 2.49. The van der Waals surface area contributed by atoms with Gasteiger partial charge in [0.05, 0.1) is 5.92 Å². The number of aliphatic carboxylic acids is 1. The molecule has 1 unspecified atom stereocenters. The second-order valence-electron chi connectivity index (χ2n) is 4.97. The topological polar surface area (TPSA) is 57.6 Å². The summed E-state index contributed by atoms with van der Waals surface area (Å²) < 4.78 is 0. The van der Waals surface area contributed by atoms with Crippen molar-refractivity contribution in [3.05, 3.63) is 35.4 Å². The molecule has 0 saturated carbocycles. The Morgan fingerprint density at radius 2 is 2.11 bits per heavy atom. The molecule has 0 radical (unpaired) electrons. The number of nitrogens with zero attached hydrogens (tertiary/aromatic N) is 1. The first-order chi connectivity index (χ1) is 9.13. The zero-order chi connectivity index (χ0) is 13.8. The van der Waals surface area contributed by atoms with Crippen molar-refractivity contribution in [3.63, 3.8) is 0 Å². The van der Waals surface area contributed by atoms with Gasteiger partial charge < -0.3 is 10.0 Å². The fourth-order valence-electron chi connectivity index (χ4n) is 2.49. The highest BCUT2D eigenvalue weighted by atomic mass is 16.4. The van der Waals surface area contributed by atoms with Crippen molar-refractivity contribution in [3.8, 4) is 0 Å². The Morgan fingerprint density at radius 3 is 2.79 bits per heavy atom. The van der Waals surface area contributed by atoms with Gasteiger partial charge in [0.1, 0.15) is 0 Å². The highest BCUT2D eigenvalue weighted by molar-refractivity contribution is 5.81. The molecule has 1 aromatic carbocycles. The van der Waals surface area contributed by atoms with E-state index in [0.717, 1.165) is 24.0 Å². The normalized spacial score (nSPS) is 17.9. The lowest BCUT2D eigenvalue weighted by Crippen LogP contribution is -2.40. The Balaban J connectivity index is 2.20. The van der Waals surface area contributed by atoms with E-state index in [-0.39, 0.29) is 12.5 Å². The summed E-state index contributed by atoms with van der Waals surface area (Å²) in [6, 6.07) is 7.49. The number of carboxylic acid groups (broad SMARTS) is 1. The van der Waals surface area contributed by atoms with Crippen LogP contribution in [0.3, 0.4) is 0 Å². The number of hydrogen-bond donors (Lipinski definition) is 1. The van der Waals surface area contributed by atoms with E-state index in [9.17, 15) is 14.7 Å². The maximum Gasteiger partial charge on any atom is 0.312 e. The second-order valence-corrected chi connectivity index (χ2v) is 4.97. The Labute approximate surface area is 113 Å². The summed E-state index contributed by atoms with van der Waals surface area (Å²) in [6.07, 6.45) is 2.33. The third-order valence-electron chi connectivity index (χ3n) is 3.59. The number of fused-ring (bicyclic) bond motifs is 1.